The highest BCUT2D eigenvalue weighted by atomic mass is 32.2. The average molecular weight is 326 g/mol. The van der Waals surface area contributed by atoms with E-state index < -0.39 is 0 Å². The molecular weight excluding hydrogens is 300 g/mol. The van der Waals surface area contributed by atoms with Crippen LogP contribution in [0.3, 0.4) is 0 Å². The van der Waals surface area contributed by atoms with Crippen molar-refractivity contribution in [2.45, 2.75) is 18.6 Å². The molecule has 22 heavy (non-hydrogen) atoms. The number of nitrogens with zero attached hydrogens (tertiary/aromatic N) is 2. The number of carbonyl (C=O) groups is 1. The van der Waals surface area contributed by atoms with Gasteiger partial charge < -0.3 is 20.0 Å². The number of guanidine groups is 1. The second kappa shape index (κ2) is 10.2. The lowest BCUT2D eigenvalue weighted by Gasteiger charge is -2.15. The third-order valence-corrected chi connectivity index (χ3v) is 4.05. The first-order valence-corrected chi connectivity index (χ1v) is 8.59. The molecule has 0 saturated heterocycles. The van der Waals surface area contributed by atoms with E-state index in [-0.39, 0.29) is 12.5 Å². The fourth-order valence-corrected chi connectivity index (χ4v) is 1.80. The van der Waals surface area contributed by atoms with Crippen LogP contribution in [0.15, 0.2) is 27.8 Å². The van der Waals surface area contributed by atoms with Gasteiger partial charge in [-0.2, -0.15) is 11.8 Å². The smallest absolute Gasteiger partial charge is 0.243 e. The van der Waals surface area contributed by atoms with E-state index in [0.29, 0.717) is 17.8 Å². The number of hydrogen-bond donors (Lipinski definition) is 2. The molecule has 0 aliphatic rings. The fraction of sp³-hybridized carbons (Fsp3) is 0.600. The lowest BCUT2D eigenvalue weighted by atomic mass is 10.3. The van der Waals surface area contributed by atoms with Crippen LogP contribution in [0, 0.1) is 0 Å². The molecule has 124 valence electrons. The van der Waals surface area contributed by atoms with Crippen molar-refractivity contribution in [2.75, 3.05) is 40.0 Å². The normalized spacial score (nSPS) is 12.8. The van der Waals surface area contributed by atoms with Crippen LogP contribution >= 0.6 is 11.8 Å². The van der Waals surface area contributed by atoms with Crippen LogP contribution in [0.25, 0.3) is 0 Å². The summed E-state index contributed by atoms with van der Waals surface area (Å²) in [4.78, 5) is 17.5. The summed E-state index contributed by atoms with van der Waals surface area (Å²) in [5.41, 5.74) is 0. The number of thioether (sulfide) groups is 1. The van der Waals surface area contributed by atoms with Crippen molar-refractivity contribution in [3.8, 4) is 0 Å². The van der Waals surface area contributed by atoms with E-state index in [4.69, 9.17) is 4.42 Å². The Kier molecular flexibility index (Phi) is 8.50. The molecule has 2 N–H and O–H groups in total. The van der Waals surface area contributed by atoms with E-state index in [0.717, 1.165) is 18.7 Å². The van der Waals surface area contributed by atoms with Crippen molar-refractivity contribution < 1.29 is 9.21 Å². The highest BCUT2D eigenvalue weighted by Crippen LogP contribution is 2.02. The minimum absolute atomic E-state index is 0.0231. The third kappa shape index (κ3) is 7.40. The van der Waals surface area contributed by atoms with Crippen LogP contribution in [0.2, 0.25) is 0 Å². The quantitative estimate of drug-likeness (QED) is 0.555. The van der Waals surface area contributed by atoms with Gasteiger partial charge in [0.05, 0.1) is 6.26 Å². The first-order chi connectivity index (χ1) is 10.5. The molecule has 0 aromatic carbocycles. The molecule has 1 rings (SSSR count). The molecule has 0 radical (unpaired) electrons. The van der Waals surface area contributed by atoms with Crippen molar-refractivity contribution in [2.24, 2.45) is 4.99 Å². The fourth-order valence-electron chi connectivity index (χ4n) is 1.55. The largest absolute Gasteiger partial charge is 0.469 e. The second-order valence-corrected chi connectivity index (χ2v) is 6.41. The van der Waals surface area contributed by atoms with Crippen molar-refractivity contribution in [1.82, 2.24) is 15.5 Å². The number of nitrogens with one attached hydrogen (secondary N) is 2. The van der Waals surface area contributed by atoms with E-state index >= 15 is 0 Å². The third-order valence-electron chi connectivity index (χ3n) is 3.07. The SMILES string of the molecule is CSC(C)CNC(=NCC(=O)N(C)C)NCCc1ccco1. The molecule has 1 aromatic heterocycles. The van der Waals surface area contributed by atoms with Gasteiger partial charge in [0.2, 0.25) is 5.91 Å². The maximum atomic E-state index is 11.6. The van der Waals surface area contributed by atoms with Gasteiger partial charge in [-0.15, -0.1) is 0 Å². The molecule has 0 fully saturated rings. The Morgan fingerprint density at radius 3 is 2.82 bits per heavy atom. The molecule has 1 aromatic rings. The zero-order chi connectivity index (χ0) is 16.4. The zero-order valence-corrected chi connectivity index (χ0v) is 14.6. The molecule has 6 nitrogen and oxygen atoms in total. The average Bonchev–Trinajstić information content (AvgIpc) is 3.01. The molecule has 7 heteroatoms. The van der Waals surface area contributed by atoms with E-state index in [2.05, 4.69) is 28.8 Å². The predicted octanol–water partition coefficient (Wildman–Crippen LogP) is 1.20. The Bertz CT molecular complexity index is 460. The molecule has 1 unspecified atom stereocenters. The summed E-state index contributed by atoms with van der Waals surface area (Å²) in [5.74, 6) is 1.56. The molecule has 0 saturated carbocycles. The molecule has 1 atom stereocenters. The minimum atomic E-state index is -0.0231. The summed E-state index contributed by atoms with van der Waals surface area (Å²) < 4.78 is 5.30. The van der Waals surface area contributed by atoms with E-state index in [1.807, 2.05) is 12.1 Å². The standard InChI is InChI=1S/C15H26N4O2S/c1-12(22-4)10-17-15(18-11-14(20)19(2)3)16-8-7-13-6-5-9-21-13/h5-6,9,12H,7-8,10-11H2,1-4H3,(H2,16,17,18). The summed E-state index contributed by atoms with van der Waals surface area (Å²) in [7, 11) is 3.45. The number of hydrogen-bond acceptors (Lipinski definition) is 4. The molecule has 0 spiro atoms. The Hall–Kier alpha value is -1.63. The van der Waals surface area contributed by atoms with Gasteiger partial charge in [0.1, 0.15) is 12.3 Å². The highest BCUT2D eigenvalue weighted by Gasteiger charge is 2.06. The van der Waals surface area contributed by atoms with E-state index in [1.165, 1.54) is 4.90 Å². The number of aliphatic imine (C=N–C) groups is 1. The van der Waals surface area contributed by atoms with Gasteiger partial charge in [-0.05, 0) is 18.4 Å². The maximum Gasteiger partial charge on any atom is 0.243 e. The summed E-state index contributed by atoms with van der Waals surface area (Å²) in [6.45, 7) is 3.77. The summed E-state index contributed by atoms with van der Waals surface area (Å²) in [5, 5.41) is 6.97. The Morgan fingerprint density at radius 1 is 1.45 bits per heavy atom. The van der Waals surface area contributed by atoms with Crippen LogP contribution in [-0.2, 0) is 11.2 Å². The van der Waals surface area contributed by atoms with E-state index in [9.17, 15) is 4.79 Å². The van der Waals surface area contributed by atoms with Gasteiger partial charge in [-0.3, -0.25) is 4.79 Å². The lowest BCUT2D eigenvalue weighted by Crippen LogP contribution is -2.41. The van der Waals surface area contributed by atoms with Crippen LogP contribution in [-0.4, -0.2) is 62.0 Å². The van der Waals surface area contributed by atoms with Crippen LogP contribution in [0.4, 0.5) is 0 Å². The maximum absolute atomic E-state index is 11.6. The predicted molar refractivity (Wildman–Crippen MR) is 92.4 cm³/mol. The number of furan rings is 1. The summed E-state index contributed by atoms with van der Waals surface area (Å²) in [6.07, 6.45) is 4.51. The van der Waals surface area contributed by atoms with Crippen molar-refractivity contribution >= 4 is 23.6 Å². The zero-order valence-electron chi connectivity index (χ0n) is 13.8. The van der Waals surface area contributed by atoms with Crippen LogP contribution in [0.1, 0.15) is 12.7 Å². The molecule has 1 heterocycles. The number of likely N-dealkylation sites (N-methyl/N-ethyl adjacent to an activating group) is 1. The number of rotatable bonds is 8. The first-order valence-electron chi connectivity index (χ1n) is 7.30. The van der Waals surface area contributed by atoms with Gasteiger partial charge in [-0.1, -0.05) is 6.92 Å². The topological polar surface area (TPSA) is 69.9 Å². The summed E-state index contributed by atoms with van der Waals surface area (Å²) >= 11 is 1.78. The van der Waals surface area contributed by atoms with Crippen molar-refractivity contribution in [1.29, 1.82) is 0 Å². The van der Waals surface area contributed by atoms with Crippen molar-refractivity contribution in [3.05, 3.63) is 24.2 Å². The second-order valence-electron chi connectivity index (χ2n) is 5.14. The summed E-state index contributed by atoms with van der Waals surface area (Å²) in [6, 6.07) is 3.82. The van der Waals surface area contributed by atoms with Gasteiger partial charge in [0.15, 0.2) is 5.96 Å². The molecule has 0 aliphatic carbocycles. The highest BCUT2D eigenvalue weighted by molar-refractivity contribution is 7.99. The Morgan fingerprint density at radius 2 is 2.23 bits per heavy atom. The minimum Gasteiger partial charge on any atom is -0.469 e. The first kappa shape index (κ1) is 18.4. The van der Waals surface area contributed by atoms with Crippen molar-refractivity contribution in [3.63, 3.8) is 0 Å². The van der Waals surface area contributed by atoms with Gasteiger partial charge >= 0.3 is 0 Å². The van der Waals surface area contributed by atoms with Gasteiger partial charge in [-0.25, -0.2) is 4.99 Å². The Labute approximate surface area is 136 Å². The molecule has 0 bridgehead atoms. The molecular formula is C15H26N4O2S. The van der Waals surface area contributed by atoms with Gasteiger partial charge in [0, 0.05) is 38.9 Å². The lowest BCUT2D eigenvalue weighted by molar-refractivity contribution is -0.127. The number of carbonyl (C=O) groups excluding carboxylic acids is 1. The van der Waals surface area contributed by atoms with Gasteiger partial charge in [0.25, 0.3) is 0 Å². The monoisotopic (exact) mass is 326 g/mol. The van der Waals surface area contributed by atoms with Crippen LogP contribution in [0.5, 0.6) is 0 Å². The van der Waals surface area contributed by atoms with Crippen LogP contribution < -0.4 is 10.6 Å². The van der Waals surface area contributed by atoms with E-state index in [1.54, 1.807) is 32.1 Å². The molecule has 0 aliphatic heterocycles. The molecule has 1 amide bonds. The number of amides is 1. The Balaban J connectivity index is 2.48.